The maximum Gasteiger partial charge on any atom is 0.277 e. The monoisotopic (exact) mass is 424 g/mol. The number of ether oxygens (including phenoxy) is 1. The van der Waals surface area contributed by atoms with Gasteiger partial charge in [0.15, 0.2) is 0 Å². The lowest BCUT2D eigenvalue weighted by Crippen LogP contribution is -2.31. The van der Waals surface area contributed by atoms with Crippen LogP contribution in [0.5, 0.6) is 5.75 Å². The zero-order chi connectivity index (χ0) is 21.3. The molecule has 2 aromatic carbocycles. The first-order chi connectivity index (χ1) is 14.5. The van der Waals surface area contributed by atoms with Crippen LogP contribution in [0.25, 0.3) is 5.57 Å². The molecular formula is C24H25ClN2O3. The number of amides is 2. The summed E-state index contributed by atoms with van der Waals surface area (Å²) < 4.78 is 5.64. The molecule has 30 heavy (non-hydrogen) atoms. The molecule has 1 fully saturated rings. The molecule has 0 saturated carbocycles. The topological polar surface area (TPSA) is 49.9 Å². The van der Waals surface area contributed by atoms with Gasteiger partial charge in [-0.1, -0.05) is 23.7 Å². The highest BCUT2D eigenvalue weighted by Crippen LogP contribution is 2.36. The molecule has 0 bridgehead atoms. The van der Waals surface area contributed by atoms with Crippen molar-refractivity contribution in [3.05, 3.63) is 59.1 Å². The van der Waals surface area contributed by atoms with Gasteiger partial charge in [0.1, 0.15) is 10.8 Å². The minimum absolute atomic E-state index is 0.0525. The molecule has 5 nitrogen and oxygen atoms in total. The van der Waals surface area contributed by atoms with E-state index in [0.717, 1.165) is 23.7 Å². The Labute approximate surface area is 181 Å². The lowest BCUT2D eigenvalue weighted by Gasteiger charge is -2.29. The van der Waals surface area contributed by atoms with E-state index in [0.29, 0.717) is 17.0 Å². The van der Waals surface area contributed by atoms with Crippen molar-refractivity contribution >= 4 is 40.4 Å². The van der Waals surface area contributed by atoms with Crippen LogP contribution in [0.1, 0.15) is 38.7 Å². The molecule has 2 amide bonds. The van der Waals surface area contributed by atoms with Crippen LogP contribution in [0.3, 0.4) is 0 Å². The van der Waals surface area contributed by atoms with Gasteiger partial charge in [-0.3, -0.25) is 9.59 Å². The SMILES string of the molecule is CC(C)Oc1ccc(C2=C(Cl)C(=O)N(c3ccc(N4CCCCC4)cc3)C2=O)cc1. The van der Waals surface area contributed by atoms with Gasteiger partial charge in [0.2, 0.25) is 0 Å². The minimum atomic E-state index is -0.495. The summed E-state index contributed by atoms with van der Waals surface area (Å²) in [5, 5.41) is -0.0577. The molecule has 2 aliphatic rings. The third-order valence-corrected chi connectivity index (χ3v) is 5.72. The van der Waals surface area contributed by atoms with Crippen LogP contribution in [0.2, 0.25) is 0 Å². The van der Waals surface area contributed by atoms with E-state index in [4.69, 9.17) is 16.3 Å². The Morgan fingerprint density at radius 1 is 0.833 bits per heavy atom. The molecule has 0 radical (unpaired) electrons. The minimum Gasteiger partial charge on any atom is -0.491 e. The van der Waals surface area contributed by atoms with E-state index >= 15 is 0 Å². The van der Waals surface area contributed by atoms with E-state index in [2.05, 4.69) is 4.90 Å². The van der Waals surface area contributed by atoms with Gasteiger partial charge in [0, 0.05) is 18.8 Å². The maximum absolute atomic E-state index is 13.1. The number of anilines is 2. The number of nitrogens with zero attached hydrogens (tertiary/aromatic N) is 2. The van der Waals surface area contributed by atoms with Gasteiger partial charge >= 0.3 is 0 Å². The van der Waals surface area contributed by atoms with E-state index in [1.165, 1.54) is 19.3 Å². The third kappa shape index (κ3) is 3.94. The van der Waals surface area contributed by atoms with E-state index in [-0.39, 0.29) is 16.7 Å². The summed E-state index contributed by atoms with van der Waals surface area (Å²) in [5.41, 5.74) is 2.45. The number of benzene rings is 2. The average Bonchev–Trinajstić information content (AvgIpc) is 2.97. The van der Waals surface area contributed by atoms with E-state index in [1.807, 2.05) is 38.1 Å². The van der Waals surface area contributed by atoms with Gasteiger partial charge in [-0.15, -0.1) is 0 Å². The summed E-state index contributed by atoms with van der Waals surface area (Å²) in [6.45, 7) is 5.96. The van der Waals surface area contributed by atoms with Crippen LogP contribution in [-0.4, -0.2) is 31.0 Å². The predicted molar refractivity (Wildman–Crippen MR) is 120 cm³/mol. The molecule has 0 atom stereocenters. The van der Waals surface area contributed by atoms with Crippen LogP contribution >= 0.6 is 11.6 Å². The molecule has 0 N–H and O–H groups in total. The van der Waals surface area contributed by atoms with Gasteiger partial charge in [0.25, 0.3) is 11.8 Å². The molecular weight excluding hydrogens is 400 g/mol. The normalized spacial score (nSPS) is 17.3. The summed E-state index contributed by atoms with van der Waals surface area (Å²) in [4.78, 5) is 29.4. The number of carbonyl (C=O) groups is 2. The maximum atomic E-state index is 13.1. The van der Waals surface area contributed by atoms with E-state index < -0.39 is 11.8 Å². The molecule has 2 aliphatic heterocycles. The van der Waals surface area contributed by atoms with Crippen molar-refractivity contribution in [3.63, 3.8) is 0 Å². The third-order valence-electron chi connectivity index (χ3n) is 5.37. The summed E-state index contributed by atoms with van der Waals surface area (Å²) in [7, 11) is 0. The van der Waals surface area contributed by atoms with Crippen LogP contribution in [0.4, 0.5) is 11.4 Å². The summed E-state index contributed by atoms with van der Waals surface area (Å²) >= 11 is 6.31. The average molecular weight is 425 g/mol. The number of carbonyl (C=O) groups excluding carboxylic acids is 2. The van der Waals surface area contributed by atoms with Crippen LogP contribution in [0.15, 0.2) is 53.6 Å². The molecule has 0 aliphatic carbocycles. The quantitative estimate of drug-likeness (QED) is 0.634. The number of rotatable bonds is 5. The van der Waals surface area contributed by atoms with Gasteiger partial charge in [0.05, 0.1) is 17.4 Å². The number of imide groups is 1. The summed E-state index contributed by atoms with van der Waals surface area (Å²) in [6.07, 6.45) is 3.70. The Kier molecular flexibility index (Phi) is 5.82. The van der Waals surface area contributed by atoms with Crippen molar-refractivity contribution in [2.75, 3.05) is 22.9 Å². The highest BCUT2D eigenvalue weighted by Gasteiger charge is 2.39. The second-order valence-electron chi connectivity index (χ2n) is 7.89. The second kappa shape index (κ2) is 8.52. The van der Waals surface area contributed by atoms with Crippen molar-refractivity contribution in [3.8, 4) is 5.75 Å². The fourth-order valence-electron chi connectivity index (χ4n) is 3.92. The van der Waals surface area contributed by atoms with Crippen LogP contribution in [-0.2, 0) is 9.59 Å². The largest absolute Gasteiger partial charge is 0.491 e. The Balaban J connectivity index is 1.55. The van der Waals surface area contributed by atoms with Crippen molar-refractivity contribution in [1.29, 1.82) is 0 Å². The fraction of sp³-hybridized carbons (Fsp3) is 0.333. The molecule has 0 unspecified atom stereocenters. The Hall–Kier alpha value is -2.79. The van der Waals surface area contributed by atoms with Crippen molar-refractivity contribution in [1.82, 2.24) is 0 Å². The smallest absolute Gasteiger partial charge is 0.277 e. The highest BCUT2D eigenvalue weighted by atomic mass is 35.5. The first kappa shape index (κ1) is 20.5. The predicted octanol–water partition coefficient (Wildman–Crippen LogP) is 4.99. The Bertz CT molecular complexity index is 975. The molecule has 156 valence electrons. The molecule has 0 aromatic heterocycles. The Morgan fingerprint density at radius 3 is 2.03 bits per heavy atom. The zero-order valence-corrected chi connectivity index (χ0v) is 18.0. The standard InChI is InChI=1S/C24H25ClN2O3/c1-16(2)30-20-12-6-17(7-13-20)21-22(25)24(29)27(23(21)28)19-10-8-18(9-11-19)26-14-4-3-5-15-26/h6-13,16H,3-5,14-15H2,1-2H3. The lowest BCUT2D eigenvalue weighted by atomic mass is 10.1. The number of halogens is 1. The van der Waals surface area contributed by atoms with Crippen LogP contribution < -0.4 is 14.5 Å². The van der Waals surface area contributed by atoms with E-state index in [9.17, 15) is 9.59 Å². The number of hydrogen-bond donors (Lipinski definition) is 0. The highest BCUT2D eigenvalue weighted by molar-refractivity contribution is 6.60. The van der Waals surface area contributed by atoms with Crippen molar-refractivity contribution < 1.29 is 14.3 Å². The second-order valence-corrected chi connectivity index (χ2v) is 8.27. The first-order valence-corrected chi connectivity index (χ1v) is 10.7. The molecule has 2 aromatic rings. The first-order valence-electron chi connectivity index (χ1n) is 10.4. The van der Waals surface area contributed by atoms with Gasteiger partial charge in [-0.05, 0) is 75.1 Å². The molecule has 6 heteroatoms. The van der Waals surface area contributed by atoms with E-state index in [1.54, 1.807) is 24.3 Å². The lowest BCUT2D eigenvalue weighted by molar-refractivity contribution is -0.119. The molecule has 0 spiro atoms. The van der Waals surface area contributed by atoms with Crippen molar-refractivity contribution in [2.45, 2.75) is 39.2 Å². The van der Waals surface area contributed by atoms with Gasteiger partial charge < -0.3 is 9.64 Å². The fourth-order valence-corrected chi connectivity index (χ4v) is 4.20. The molecule has 4 rings (SSSR count). The van der Waals surface area contributed by atoms with Crippen LogP contribution in [0, 0.1) is 0 Å². The van der Waals surface area contributed by atoms with Crippen molar-refractivity contribution in [2.24, 2.45) is 0 Å². The molecule has 2 heterocycles. The summed E-state index contributed by atoms with van der Waals surface area (Å²) in [6, 6.07) is 14.6. The van der Waals surface area contributed by atoms with Gasteiger partial charge in [-0.2, -0.15) is 0 Å². The zero-order valence-electron chi connectivity index (χ0n) is 17.2. The van der Waals surface area contributed by atoms with Gasteiger partial charge in [-0.25, -0.2) is 4.90 Å². The number of hydrogen-bond acceptors (Lipinski definition) is 4. The summed E-state index contributed by atoms with van der Waals surface area (Å²) in [5.74, 6) is -0.203. The number of piperidine rings is 1. The Morgan fingerprint density at radius 2 is 1.43 bits per heavy atom. The molecule has 1 saturated heterocycles.